The highest BCUT2D eigenvalue weighted by molar-refractivity contribution is 6.24. The van der Waals surface area contributed by atoms with E-state index in [-0.39, 0.29) is 13.0 Å². The Morgan fingerprint density at radius 2 is 2.08 bits per heavy atom. The van der Waals surface area contributed by atoms with Crippen LogP contribution in [0.15, 0.2) is 0 Å². The predicted octanol–water partition coefficient (Wildman–Crippen LogP) is -0.0118. The van der Waals surface area contributed by atoms with Gasteiger partial charge in [0.05, 0.1) is 0 Å². The average molecular weight is 173 g/mol. The van der Waals surface area contributed by atoms with Crippen LogP contribution in [0.4, 0.5) is 0 Å². The standard InChI is InChI=1S/C7H16BNO3/c1-7(2,3)5(6(10)11)9-8-12-4/h5,8-9H,1-4H3,(H,10,11)/t5-/m1/s1. The average Bonchev–Trinajstić information content (AvgIpc) is 1.84. The number of hydrogen-bond acceptors (Lipinski definition) is 3. The molecule has 0 saturated carbocycles. The zero-order valence-corrected chi connectivity index (χ0v) is 8.05. The van der Waals surface area contributed by atoms with Gasteiger partial charge < -0.3 is 15.0 Å². The lowest BCUT2D eigenvalue weighted by atomic mass is 9.85. The van der Waals surface area contributed by atoms with Crippen molar-refractivity contribution in [3.63, 3.8) is 0 Å². The number of carbonyl (C=O) groups is 1. The fourth-order valence-corrected chi connectivity index (χ4v) is 0.931. The third kappa shape index (κ3) is 3.73. The second-order valence-electron chi connectivity index (χ2n) is 3.77. The summed E-state index contributed by atoms with van der Waals surface area (Å²) in [5, 5.41) is 11.6. The Morgan fingerprint density at radius 3 is 2.33 bits per heavy atom. The van der Waals surface area contributed by atoms with Gasteiger partial charge >= 0.3 is 13.6 Å². The van der Waals surface area contributed by atoms with Crippen LogP contribution in [-0.2, 0) is 9.45 Å². The second kappa shape index (κ2) is 4.47. The van der Waals surface area contributed by atoms with Crippen molar-refractivity contribution >= 4 is 13.6 Å². The van der Waals surface area contributed by atoms with Crippen molar-refractivity contribution < 1.29 is 14.6 Å². The Bertz CT molecular complexity index is 155. The highest BCUT2D eigenvalue weighted by Crippen LogP contribution is 2.18. The lowest BCUT2D eigenvalue weighted by Crippen LogP contribution is -2.48. The smallest absolute Gasteiger partial charge is 0.361 e. The lowest BCUT2D eigenvalue weighted by Gasteiger charge is -2.27. The molecule has 70 valence electrons. The van der Waals surface area contributed by atoms with E-state index in [9.17, 15) is 4.79 Å². The van der Waals surface area contributed by atoms with Gasteiger partial charge in [0, 0.05) is 7.11 Å². The van der Waals surface area contributed by atoms with Crippen LogP contribution in [0.1, 0.15) is 20.8 Å². The molecule has 0 unspecified atom stereocenters. The molecule has 0 amide bonds. The van der Waals surface area contributed by atoms with Crippen LogP contribution in [0.2, 0.25) is 0 Å². The monoisotopic (exact) mass is 173 g/mol. The zero-order chi connectivity index (χ0) is 9.78. The van der Waals surface area contributed by atoms with E-state index in [4.69, 9.17) is 9.76 Å². The number of hydrogen-bond donors (Lipinski definition) is 2. The van der Waals surface area contributed by atoms with Crippen LogP contribution in [0.5, 0.6) is 0 Å². The van der Waals surface area contributed by atoms with E-state index >= 15 is 0 Å². The van der Waals surface area contributed by atoms with Gasteiger partial charge in [-0.15, -0.1) is 0 Å². The Balaban J connectivity index is 4.15. The molecule has 0 aromatic rings. The third-order valence-electron chi connectivity index (χ3n) is 1.54. The fraction of sp³-hybridized carbons (Fsp3) is 0.857. The molecule has 0 aromatic heterocycles. The van der Waals surface area contributed by atoms with Gasteiger partial charge in [-0.25, -0.2) is 0 Å². The van der Waals surface area contributed by atoms with E-state index in [1.54, 1.807) is 0 Å². The highest BCUT2D eigenvalue weighted by Gasteiger charge is 2.30. The maximum atomic E-state index is 10.7. The van der Waals surface area contributed by atoms with Crippen molar-refractivity contribution in [2.24, 2.45) is 5.41 Å². The van der Waals surface area contributed by atoms with Gasteiger partial charge in [-0.05, 0) is 5.41 Å². The van der Waals surface area contributed by atoms with E-state index in [1.807, 2.05) is 20.8 Å². The largest absolute Gasteiger partial charge is 0.480 e. The summed E-state index contributed by atoms with van der Waals surface area (Å²) in [6.07, 6.45) is 0. The minimum Gasteiger partial charge on any atom is -0.480 e. The van der Waals surface area contributed by atoms with Crippen LogP contribution in [0.3, 0.4) is 0 Å². The first-order valence-electron chi connectivity index (χ1n) is 3.84. The molecule has 5 heteroatoms. The minimum absolute atomic E-state index is 0.258. The summed E-state index contributed by atoms with van der Waals surface area (Å²) in [5.41, 5.74) is -0.301. The Labute approximate surface area is 73.6 Å². The topological polar surface area (TPSA) is 58.6 Å². The van der Waals surface area contributed by atoms with Gasteiger partial charge in [0.15, 0.2) is 0 Å². The van der Waals surface area contributed by atoms with Gasteiger partial charge in [-0.1, -0.05) is 20.8 Å². The molecular formula is C7H16BNO3. The van der Waals surface area contributed by atoms with Crippen molar-refractivity contribution in [2.75, 3.05) is 7.11 Å². The van der Waals surface area contributed by atoms with Crippen LogP contribution in [0.25, 0.3) is 0 Å². The molecular weight excluding hydrogens is 157 g/mol. The van der Waals surface area contributed by atoms with Crippen molar-refractivity contribution in [1.29, 1.82) is 0 Å². The van der Waals surface area contributed by atoms with Crippen molar-refractivity contribution in [3.05, 3.63) is 0 Å². The van der Waals surface area contributed by atoms with Gasteiger partial charge in [0.25, 0.3) is 0 Å². The molecule has 4 nitrogen and oxygen atoms in total. The molecule has 1 atom stereocenters. The number of aliphatic carboxylic acids is 1. The molecule has 0 saturated heterocycles. The maximum absolute atomic E-state index is 10.7. The zero-order valence-electron chi connectivity index (χ0n) is 8.05. The van der Waals surface area contributed by atoms with E-state index in [0.29, 0.717) is 0 Å². The molecule has 0 bridgehead atoms. The van der Waals surface area contributed by atoms with E-state index in [1.165, 1.54) is 7.11 Å². The number of carboxylic acid groups (broad SMARTS) is 1. The summed E-state index contributed by atoms with van der Waals surface area (Å²) in [6.45, 7) is 5.61. The van der Waals surface area contributed by atoms with Crippen LogP contribution in [0, 0.1) is 5.41 Å². The second-order valence-corrected chi connectivity index (χ2v) is 3.77. The summed E-state index contributed by atoms with van der Waals surface area (Å²) in [7, 11) is 1.78. The maximum Gasteiger partial charge on any atom is 0.361 e. The van der Waals surface area contributed by atoms with Gasteiger partial charge in [-0.3, -0.25) is 4.79 Å². The predicted molar refractivity (Wildman–Crippen MR) is 48.2 cm³/mol. The van der Waals surface area contributed by atoms with Crippen LogP contribution in [-0.4, -0.2) is 31.8 Å². The molecule has 0 heterocycles. The molecule has 0 aliphatic carbocycles. The minimum atomic E-state index is -0.848. The van der Waals surface area contributed by atoms with Gasteiger partial charge in [-0.2, -0.15) is 0 Å². The van der Waals surface area contributed by atoms with Crippen molar-refractivity contribution in [3.8, 4) is 0 Å². The SMILES string of the molecule is COBN[C@H](C(=O)O)C(C)(C)C. The number of carboxylic acids is 1. The summed E-state index contributed by atoms with van der Waals surface area (Å²) < 4.78 is 4.74. The Hall–Kier alpha value is -0.545. The van der Waals surface area contributed by atoms with E-state index < -0.39 is 12.0 Å². The summed E-state index contributed by atoms with van der Waals surface area (Å²) in [5.74, 6) is -0.848. The van der Waals surface area contributed by atoms with Gasteiger partial charge in [0.1, 0.15) is 6.04 Å². The molecule has 0 aliphatic heterocycles. The Morgan fingerprint density at radius 1 is 1.58 bits per heavy atom. The fourth-order valence-electron chi connectivity index (χ4n) is 0.931. The molecule has 0 radical (unpaired) electrons. The summed E-state index contributed by atoms with van der Waals surface area (Å²) >= 11 is 0. The normalized spacial score (nSPS) is 14.0. The van der Waals surface area contributed by atoms with E-state index in [2.05, 4.69) is 5.23 Å². The molecule has 2 N–H and O–H groups in total. The van der Waals surface area contributed by atoms with Crippen LogP contribution < -0.4 is 5.23 Å². The molecule has 0 fully saturated rings. The molecule has 0 aromatic carbocycles. The highest BCUT2D eigenvalue weighted by atomic mass is 16.4. The summed E-state index contributed by atoms with van der Waals surface area (Å²) in [6, 6.07) is -0.572. The third-order valence-corrected chi connectivity index (χ3v) is 1.54. The number of nitrogens with one attached hydrogen (secondary N) is 1. The molecule has 0 rings (SSSR count). The lowest BCUT2D eigenvalue weighted by molar-refractivity contribution is -0.141. The molecule has 0 spiro atoms. The Kier molecular flexibility index (Phi) is 4.27. The van der Waals surface area contributed by atoms with E-state index in [0.717, 1.165) is 0 Å². The first-order valence-corrected chi connectivity index (χ1v) is 3.84. The molecule has 12 heavy (non-hydrogen) atoms. The van der Waals surface area contributed by atoms with Crippen LogP contribution >= 0.6 is 0 Å². The first kappa shape index (κ1) is 11.5. The first-order chi connectivity index (χ1) is 5.39. The quantitative estimate of drug-likeness (QED) is 0.587. The van der Waals surface area contributed by atoms with Crippen molar-refractivity contribution in [2.45, 2.75) is 26.8 Å². The summed E-state index contributed by atoms with van der Waals surface area (Å²) in [4.78, 5) is 10.7. The van der Waals surface area contributed by atoms with Crippen molar-refractivity contribution in [1.82, 2.24) is 5.23 Å². The van der Waals surface area contributed by atoms with Gasteiger partial charge in [0.2, 0.25) is 0 Å². The number of rotatable bonds is 4. The molecule has 0 aliphatic rings.